The van der Waals surface area contributed by atoms with Gasteiger partial charge >= 0.3 is 0 Å². The zero-order chi connectivity index (χ0) is 15.2. The van der Waals surface area contributed by atoms with Gasteiger partial charge in [-0.05, 0) is 38.4 Å². The van der Waals surface area contributed by atoms with Crippen molar-refractivity contribution in [3.8, 4) is 0 Å². The number of likely N-dealkylation sites (tertiary alicyclic amines) is 1. The van der Waals surface area contributed by atoms with E-state index in [1.165, 1.54) is 56.6 Å². The molecule has 0 aliphatic carbocycles. The number of piperidine rings is 1. The van der Waals surface area contributed by atoms with E-state index in [1.807, 2.05) is 6.20 Å². The average Bonchev–Trinajstić information content (AvgIpc) is 2.61. The summed E-state index contributed by atoms with van der Waals surface area (Å²) in [6, 6.07) is 5.01. The lowest BCUT2D eigenvalue weighted by Gasteiger charge is -2.38. The van der Waals surface area contributed by atoms with Crippen LogP contribution in [0.5, 0.6) is 0 Å². The molecule has 1 N–H and O–H groups in total. The summed E-state index contributed by atoms with van der Waals surface area (Å²) in [4.78, 5) is 9.94. The highest BCUT2D eigenvalue weighted by Gasteiger charge is 2.27. The van der Waals surface area contributed by atoms with Crippen LogP contribution in [0, 0.1) is 0 Å². The van der Waals surface area contributed by atoms with Gasteiger partial charge in [0.05, 0.1) is 0 Å². The zero-order valence-electron chi connectivity index (χ0n) is 13.9. The molecule has 0 amide bonds. The molecule has 4 nitrogen and oxygen atoms in total. The van der Waals surface area contributed by atoms with Crippen molar-refractivity contribution in [3.63, 3.8) is 0 Å². The summed E-state index contributed by atoms with van der Waals surface area (Å²) in [5.74, 6) is 1.23. The number of aromatic nitrogens is 1. The maximum absolute atomic E-state index is 4.76. The SMILES string of the molecule is CCCCN1CCCC[C@@H]1c1cccnc1N1CCNCC1. The van der Waals surface area contributed by atoms with Crippen LogP contribution in [0.2, 0.25) is 0 Å². The van der Waals surface area contributed by atoms with Crippen molar-refractivity contribution in [2.75, 3.05) is 44.2 Å². The monoisotopic (exact) mass is 302 g/mol. The highest BCUT2D eigenvalue weighted by atomic mass is 15.2. The number of hydrogen-bond donors (Lipinski definition) is 1. The molecule has 2 saturated heterocycles. The Labute approximate surface area is 134 Å². The first-order valence-electron chi connectivity index (χ1n) is 9.05. The second kappa shape index (κ2) is 7.93. The number of unbranched alkanes of at least 4 members (excludes halogenated alkanes) is 1. The van der Waals surface area contributed by atoms with Gasteiger partial charge in [-0.3, -0.25) is 4.90 Å². The van der Waals surface area contributed by atoms with Gasteiger partial charge in [0.2, 0.25) is 0 Å². The maximum atomic E-state index is 4.76. The van der Waals surface area contributed by atoms with Crippen LogP contribution in [0.4, 0.5) is 5.82 Å². The molecule has 0 radical (unpaired) electrons. The number of pyridine rings is 1. The van der Waals surface area contributed by atoms with Crippen molar-refractivity contribution in [3.05, 3.63) is 23.9 Å². The normalized spacial score (nSPS) is 23.7. The first-order valence-corrected chi connectivity index (χ1v) is 9.05. The summed E-state index contributed by atoms with van der Waals surface area (Å²) in [6.07, 6.45) is 8.53. The summed E-state index contributed by atoms with van der Waals surface area (Å²) in [5, 5.41) is 3.44. The molecule has 1 aromatic heterocycles. The van der Waals surface area contributed by atoms with Crippen molar-refractivity contribution >= 4 is 5.82 Å². The summed E-state index contributed by atoms with van der Waals surface area (Å²) in [5.41, 5.74) is 1.46. The van der Waals surface area contributed by atoms with Crippen molar-refractivity contribution in [2.24, 2.45) is 0 Å². The van der Waals surface area contributed by atoms with Gasteiger partial charge in [0.25, 0.3) is 0 Å². The minimum absolute atomic E-state index is 0.568. The molecule has 22 heavy (non-hydrogen) atoms. The lowest BCUT2D eigenvalue weighted by Crippen LogP contribution is -2.45. The molecule has 3 heterocycles. The second-order valence-electron chi connectivity index (χ2n) is 6.55. The van der Waals surface area contributed by atoms with Crippen LogP contribution in [-0.4, -0.2) is 49.2 Å². The molecule has 0 spiro atoms. The summed E-state index contributed by atoms with van der Waals surface area (Å²) >= 11 is 0. The van der Waals surface area contributed by atoms with E-state index in [0.29, 0.717) is 6.04 Å². The van der Waals surface area contributed by atoms with E-state index in [1.54, 1.807) is 0 Å². The van der Waals surface area contributed by atoms with Crippen LogP contribution < -0.4 is 10.2 Å². The number of piperazine rings is 1. The standard InChI is InChI=1S/C18H30N4/c1-2-3-12-21-13-5-4-8-17(21)16-7-6-9-20-18(16)22-14-10-19-11-15-22/h6-7,9,17,19H,2-5,8,10-15H2,1H3/t17-/m1/s1. The molecule has 0 unspecified atom stereocenters. The lowest BCUT2D eigenvalue weighted by atomic mass is 9.94. The summed E-state index contributed by atoms with van der Waals surface area (Å²) in [6.45, 7) is 9.06. The Balaban J connectivity index is 1.82. The Hall–Kier alpha value is -1.13. The molecule has 3 rings (SSSR count). The topological polar surface area (TPSA) is 31.4 Å². The van der Waals surface area contributed by atoms with Crippen LogP contribution in [0.15, 0.2) is 18.3 Å². The van der Waals surface area contributed by atoms with E-state index in [0.717, 1.165) is 26.2 Å². The quantitative estimate of drug-likeness (QED) is 0.906. The predicted octanol–water partition coefficient (Wildman–Crippen LogP) is 2.82. The molecule has 1 aromatic rings. The fourth-order valence-corrected chi connectivity index (χ4v) is 3.78. The van der Waals surface area contributed by atoms with E-state index >= 15 is 0 Å². The second-order valence-corrected chi connectivity index (χ2v) is 6.55. The van der Waals surface area contributed by atoms with Gasteiger partial charge in [-0.15, -0.1) is 0 Å². The Morgan fingerprint density at radius 2 is 2.09 bits per heavy atom. The van der Waals surface area contributed by atoms with E-state index < -0.39 is 0 Å². The Bertz CT molecular complexity index is 456. The molecule has 2 aliphatic heterocycles. The number of anilines is 1. The van der Waals surface area contributed by atoms with E-state index in [-0.39, 0.29) is 0 Å². The largest absolute Gasteiger partial charge is 0.354 e. The van der Waals surface area contributed by atoms with Gasteiger partial charge in [0.1, 0.15) is 5.82 Å². The average molecular weight is 302 g/mol. The third-order valence-corrected chi connectivity index (χ3v) is 5.00. The minimum atomic E-state index is 0.568. The summed E-state index contributed by atoms with van der Waals surface area (Å²) in [7, 11) is 0. The van der Waals surface area contributed by atoms with Gasteiger partial charge in [0, 0.05) is 44.0 Å². The highest BCUT2D eigenvalue weighted by Crippen LogP contribution is 2.35. The maximum Gasteiger partial charge on any atom is 0.133 e. The van der Waals surface area contributed by atoms with Crippen LogP contribution in [-0.2, 0) is 0 Å². The molecule has 1 atom stereocenters. The lowest BCUT2D eigenvalue weighted by molar-refractivity contribution is 0.146. The molecule has 4 heteroatoms. The predicted molar refractivity (Wildman–Crippen MR) is 92.4 cm³/mol. The molecular weight excluding hydrogens is 272 g/mol. The van der Waals surface area contributed by atoms with Crippen LogP contribution in [0.25, 0.3) is 0 Å². The van der Waals surface area contributed by atoms with Crippen LogP contribution >= 0.6 is 0 Å². The number of rotatable bonds is 5. The molecule has 0 bridgehead atoms. The third-order valence-electron chi connectivity index (χ3n) is 5.00. The van der Waals surface area contributed by atoms with Gasteiger partial charge in [0.15, 0.2) is 0 Å². The van der Waals surface area contributed by atoms with E-state index in [9.17, 15) is 0 Å². The number of hydrogen-bond acceptors (Lipinski definition) is 4. The van der Waals surface area contributed by atoms with Gasteiger partial charge in [-0.2, -0.15) is 0 Å². The van der Waals surface area contributed by atoms with Gasteiger partial charge in [-0.25, -0.2) is 4.98 Å². The Morgan fingerprint density at radius 3 is 2.91 bits per heavy atom. The fourth-order valence-electron chi connectivity index (χ4n) is 3.78. The first kappa shape index (κ1) is 15.8. The van der Waals surface area contributed by atoms with E-state index in [4.69, 9.17) is 4.98 Å². The van der Waals surface area contributed by atoms with Gasteiger partial charge < -0.3 is 10.2 Å². The van der Waals surface area contributed by atoms with Crippen molar-refractivity contribution in [1.29, 1.82) is 0 Å². The van der Waals surface area contributed by atoms with Crippen LogP contribution in [0.3, 0.4) is 0 Å². The number of nitrogens with one attached hydrogen (secondary N) is 1. The zero-order valence-corrected chi connectivity index (χ0v) is 13.9. The Morgan fingerprint density at radius 1 is 1.23 bits per heavy atom. The van der Waals surface area contributed by atoms with Crippen molar-refractivity contribution in [2.45, 2.75) is 45.1 Å². The summed E-state index contributed by atoms with van der Waals surface area (Å²) < 4.78 is 0. The van der Waals surface area contributed by atoms with Gasteiger partial charge in [-0.1, -0.05) is 25.8 Å². The Kier molecular flexibility index (Phi) is 5.68. The van der Waals surface area contributed by atoms with Crippen LogP contribution in [0.1, 0.15) is 50.6 Å². The minimum Gasteiger partial charge on any atom is -0.354 e. The molecular formula is C18H30N4. The number of nitrogens with zero attached hydrogens (tertiary/aromatic N) is 3. The highest BCUT2D eigenvalue weighted by molar-refractivity contribution is 5.49. The molecule has 122 valence electrons. The van der Waals surface area contributed by atoms with E-state index in [2.05, 4.69) is 34.2 Å². The molecule has 0 saturated carbocycles. The molecule has 2 fully saturated rings. The van der Waals surface area contributed by atoms with Crippen molar-refractivity contribution < 1.29 is 0 Å². The molecule has 0 aromatic carbocycles. The molecule has 2 aliphatic rings. The first-order chi connectivity index (χ1) is 10.9. The smallest absolute Gasteiger partial charge is 0.133 e. The third kappa shape index (κ3) is 3.61. The fraction of sp³-hybridized carbons (Fsp3) is 0.722. The van der Waals surface area contributed by atoms with Crippen molar-refractivity contribution in [1.82, 2.24) is 15.2 Å².